The number of aromatic nitrogens is 2. The van der Waals surface area contributed by atoms with Gasteiger partial charge in [-0.15, -0.1) is 0 Å². The quantitative estimate of drug-likeness (QED) is 0.850. The lowest BCUT2D eigenvalue weighted by atomic mass is 10.2. The number of hydrogen-bond acceptors (Lipinski definition) is 5. The lowest BCUT2D eigenvalue weighted by molar-refractivity contribution is 0.00130. The highest BCUT2D eigenvalue weighted by Gasteiger charge is 2.33. The summed E-state index contributed by atoms with van der Waals surface area (Å²) in [6.07, 6.45) is 2.48. The second-order valence-electron chi connectivity index (χ2n) is 4.68. The highest BCUT2D eigenvalue weighted by molar-refractivity contribution is 7.90. The molecule has 7 heteroatoms. The van der Waals surface area contributed by atoms with E-state index >= 15 is 0 Å². The summed E-state index contributed by atoms with van der Waals surface area (Å²) in [7, 11) is -2.07. The summed E-state index contributed by atoms with van der Waals surface area (Å²) in [5, 5.41) is -0.775. The lowest BCUT2D eigenvalue weighted by Gasteiger charge is -2.24. The molecule has 0 saturated heterocycles. The van der Waals surface area contributed by atoms with Gasteiger partial charge in [0.15, 0.2) is 5.82 Å². The van der Waals surface area contributed by atoms with Crippen LogP contribution in [0.2, 0.25) is 0 Å². The first-order valence-electron chi connectivity index (χ1n) is 6.14. The van der Waals surface area contributed by atoms with Crippen molar-refractivity contribution >= 4 is 10.0 Å². The van der Waals surface area contributed by atoms with Crippen LogP contribution >= 0.6 is 0 Å². The zero-order valence-corrected chi connectivity index (χ0v) is 12.7. The van der Waals surface area contributed by atoms with Crippen molar-refractivity contribution in [2.45, 2.75) is 45.2 Å². The Balaban J connectivity index is 3.11. The summed E-state index contributed by atoms with van der Waals surface area (Å²) in [6, 6.07) is 0. The summed E-state index contributed by atoms with van der Waals surface area (Å²) in [6.45, 7) is 7.15. The van der Waals surface area contributed by atoms with Gasteiger partial charge in [-0.2, -0.15) is 0 Å². The van der Waals surface area contributed by atoms with Crippen molar-refractivity contribution in [3.05, 3.63) is 23.8 Å². The van der Waals surface area contributed by atoms with E-state index in [1.165, 1.54) is 7.05 Å². The molecule has 0 bridgehead atoms. The average molecular weight is 287 g/mol. The maximum atomic E-state index is 11.9. The number of aryl methyl sites for hydroxylation is 1. The molecule has 0 aliphatic rings. The molecule has 19 heavy (non-hydrogen) atoms. The summed E-state index contributed by atoms with van der Waals surface area (Å²) in [4.78, 5) is 8.34. The van der Waals surface area contributed by atoms with E-state index in [9.17, 15) is 8.42 Å². The number of nitrogens with zero attached hydrogens (tertiary/aromatic N) is 2. The smallest absolute Gasteiger partial charge is 0.216 e. The van der Waals surface area contributed by atoms with Crippen LogP contribution in [0.4, 0.5) is 0 Å². The Kier molecular flexibility index (Phi) is 5.39. The predicted octanol–water partition coefficient (Wildman–Crippen LogP) is 1.19. The summed E-state index contributed by atoms with van der Waals surface area (Å²) < 4.78 is 31.8. The Hall–Kier alpha value is -1.05. The fourth-order valence-corrected chi connectivity index (χ4v) is 2.46. The topological polar surface area (TPSA) is 81.2 Å². The van der Waals surface area contributed by atoms with Crippen LogP contribution in [0.15, 0.2) is 12.4 Å². The number of sulfonamides is 1. The van der Waals surface area contributed by atoms with Crippen molar-refractivity contribution in [1.82, 2.24) is 14.7 Å². The molecule has 1 N–H and O–H groups in total. The van der Waals surface area contributed by atoms with Crippen LogP contribution in [0.1, 0.15) is 38.3 Å². The van der Waals surface area contributed by atoms with Gasteiger partial charge in [-0.1, -0.05) is 0 Å². The summed E-state index contributed by atoms with van der Waals surface area (Å²) >= 11 is 0. The zero-order chi connectivity index (χ0) is 14.6. The number of nitrogens with one attached hydrogen (secondary N) is 1. The third-order valence-corrected chi connectivity index (χ3v) is 4.47. The molecule has 0 aliphatic carbocycles. The Bertz CT molecular complexity index is 499. The van der Waals surface area contributed by atoms with Gasteiger partial charge in [0.25, 0.3) is 0 Å². The Morgan fingerprint density at radius 1 is 1.21 bits per heavy atom. The van der Waals surface area contributed by atoms with Crippen molar-refractivity contribution in [2.24, 2.45) is 0 Å². The highest BCUT2D eigenvalue weighted by Crippen LogP contribution is 2.24. The summed E-state index contributed by atoms with van der Waals surface area (Å²) in [5.74, 6) is 0.380. The van der Waals surface area contributed by atoms with Gasteiger partial charge in [-0.3, -0.25) is 0 Å². The van der Waals surface area contributed by atoms with Gasteiger partial charge in [0.2, 0.25) is 10.0 Å². The lowest BCUT2D eigenvalue weighted by Crippen LogP contribution is -2.36. The Labute approximate surface area is 114 Å². The molecule has 0 aliphatic heterocycles. The first kappa shape index (κ1) is 16.0. The third kappa shape index (κ3) is 4.22. The minimum absolute atomic E-state index is 0.121. The maximum Gasteiger partial charge on any atom is 0.216 e. The van der Waals surface area contributed by atoms with E-state index in [0.29, 0.717) is 5.82 Å². The number of rotatable bonds is 6. The van der Waals surface area contributed by atoms with Gasteiger partial charge in [-0.05, 0) is 40.3 Å². The van der Waals surface area contributed by atoms with E-state index < -0.39 is 21.4 Å². The second-order valence-corrected chi connectivity index (χ2v) is 6.92. The van der Waals surface area contributed by atoms with E-state index in [4.69, 9.17) is 4.74 Å². The molecule has 2 atom stereocenters. The van der Waals surface area contributed by atoms with Crippen molar-refractivity contribution < 1.29 is 13.2 Å². The molecule has 0 unspecified atom stereocenters. The van der Waals surface area contributed by atoms with Crippen molar-refractivity contribution in [1.29, 1.82) is 0 Å². The highest BCUT2D eigenvalue weighted by atomic mass is 32.2. The molecule has 0 aromatic carbocycles. The minimum atomic E-state index is -3.46. The average Bonchev–Trinajstić information content (AvgIpc) is 2.36. The molecule has 1 aromatic rings. The van der Waals surface area contributed by atoms with Gasteiger partial charge in [0, 0.05) is 12.4 Å². The van der Waals surface area contributed by atoms with Crippen LogP contribution in [0.5, 0.6) is 0 Å². The van der Waals surface area contributed by atoms with Gasteiger partial charge in [0.1, 0.15) is 11.4 Å². The summed E-state index contributed by atoms with van der Waals surface area (Å²) in [5.41, 5.74) is 0.913. The Morgan fingerprint density at radius 2 is 1.74 bits per heavy atom. The van der Waals surface area contributed by atoms with E-state index in [-0.39, 0.29) is 6.10 Å². The molecule has 108 valence electrons. The molecule has 0 radical (unpaired) electrons. The van der Waals surface area contributed by atoms with Crippen LogP contribution in [-0.4, -0.2) is 36.8 Å². The standard InChI is InChI=1S/C12H21N3O3S/c1-8(2)18-11(10(4)19(16,17)13-5)12-14-6-9(3)7-15-12/h6-8,10-11,13H,1-5H3/t10-,11+/m1/s1. The molecule has 0 fully saturated rings. The van der Waals surface area contributed by atoms with Gasteiger partial charge < -0.3 is 4.74 Å². The van der Waals surface area contributed by atoms with Crippen LogP contribution in [0.3, 0.4) is 0 Å². The Morgan fingerprint density at radius 3 is 2.16 bits per heavy atom. The van der Waals surface area contributed by atoms with E-state index in [1.54, 1.807) is 19.3 Å². The van der Waals surface area contributed by atoms with Crippen LogP contribution in [0, 0.1) is 6.92 Å². The maximum absolute atomic E-state index is 11.9. The van der Waals surface area contributed by atoms with Gasteiger partial charge in [0.05, 0.1) is 6.10 Å². The van der Waals surface area contributed by atoms with Crippen LogP contribution < -0.4 is 4.72 Å². The molecule has 0 spiro atoms. The molecular weight excluding hydrogens is 266 g/mol. The van der Waals surface area contributed by atoms with Crippen LogP contribution in [-0.2, 0) is 14.8 Å². The molecule has 6 nitrogen and oxygen atoms in total. The first-order valence-corrected chi connectivity index (χ1v) is 7.69. The minimum Gasteiger partial charge on any atom is -0.366 e. The third-order valence-electron chi connectivity index (χ3n) is 2.67. The van der Waals surface area contributed by atoms with Gasteiger partial charge >= 0.3 is 0 Å². The number of hydrogen-bond donors (Lipinski definition) is 1. The number of ether oxygens (including phenoxy) is 1. The fraction of sp³-hybridized carbons (Fsp3) is 0.667. The van der Waals surface area contributed by atoms with Crippen molar-refractivity contribution in [3.8, 4) is 0 Å². The second kappa shape index (κ2) is 6.40. The van der Waals surface area contributed by atoms with E-state index in [2.05, 4.69) is 14.7 Å². The first-order chi connectivity index (χ1) is 8.77. The zero-order valence-electron chi connectivity index (χ0n) is 11.9. The SMILES string of the molecule is CNS(=O)(=O)[C@H](C)[C@H](OC(C)C)c1ncc(C)cn1. The molecule has 0 amide bonds. The largest absolute Gasteiger partial charge is 0.366 e. The molecule has 1 heterocycles. The molecule has 1 aromatic heterocycles. The van der Waals surface area contributed by atoms with E-state index in [1.807, 2.05) is 20.8 Å². The van der Waals surface area contributed by atoms with E-state index in [0.717, 1.165) is 5.56 Å². The fourth-order valence-electron chi connectivity index (χ4n) is 1.57. The van der Waals surface area contributed by atoms with Crippen LogP contribution in [0.25, 0.3) is 0 Å². The van der Waals surface area contributed by atoms with Crippen molar-refractivity contribution in [2.75, 3.05) is 7.05 Å². The predicted molar refractivity (Wildman–Crippen MR) is 73.2 cm³/mol. The monoisotopic (exact) mass is 287 g/mol. The normalized spacial score (nSPS) is 15.5. The molecular formula is C12H21N3O3S. The molecule has 1 rings (SSSR count). The molecule has 0 saturated carbocycles. The van der Waals surface area contributed by atoms with Crippen molar-refractivity contribution in [3.63, 3.8) is 0 Å². The van der Waals surface area contributed by atoms with Gasteiger partial charge in [-0.25, -0.2) is 23.1 Å².